The molecule has 4 aromatic rings. The van der Waals surface area contributed by atoms with Crippen molar-refractivity contribution in [3.05, 3.63) is 108 Å². The zero-order chi connectivity index (χ0) is 38.7. The minimum Gasteiger partial charge on any atom is -0.480 e. The molecule has 1 aromatic heterocycles. The van der Waals surface area contributed by atoms with Crippen molar-refractivity contribution in [2.75, 3.05) is 13.2 Å². The Hall–Kier alpha value is -5.42. The predicted molar refractivity (Wildman–Crippen MR) is 203 cm³/mol. The maximum absolute atomic E-state index is 14.5. The second-order valence-electron chi connectivity index (χ2n) is 15.2. The number of carbonyl (C=O) groups excluding carboxylic acids is 3. The van der Waals surface area contributed by atoms with E-state index in [1.54, 1.807) is 58.2 Å². The van der Waals surface area contributed by atoms with Crippen LogP contribution < -0.4 is 5.32 Å². The fraction of sp³-hybridized carbons (Fsp3) is 0.381. The molecule has 2 N–H and O–H groups in total. The molecule has 1 unspecified atom stereocenters. The van der Waals surface area contributed by atoms with Gasteiger partial charge >= 0.3 is 18.2 Å². The Balaban J connectivity index is 1.42. The van der Waals surface area contributed by atoms with Gasteiger partial charge in [0.2, 0.25) is 5.91 Å². The van der Waals surface area contributed by atoms with Gasteiger partial charge in [-0.2, -0.15) is 0 Å². The number of alkyl carbamates (subject to hydrolysis) is 1. The number of para-hydroxylation sites is 1. The normalized spacial score (nSPS) is 14.4. The van der Waals surface area contributed by atoms with Gasteiger partial charge in [0.15, 0.2) is 0 Å². The Morgan fingerprint density at radius 3 is 2.06 bits per heavy atom. The molecule has 11 heteroatoms. The highest BCUT2D eigenvalue weighted by atomic mass is 16.6. The van der Waals surface area contributed by atoms with E-state index in [9.17, 15) is 24.3 Å². The number of carboxylic acids is 1. The van der Waals surface area contributed by atoms with Crippen molar-refractivity contribution in [2.24, 2.45) is 0 Å². The van der Waals surface area contributed by atoms with Crippen molar-refractivity contribution in [2.45, 2.75) is 90.2 Å². The first-order valence-electron chi connectivity index (χ1n) is 17.7. The fourth-order valence-corrected chi connectivity index (χ4v) is 6.88. The number of rotatable bonds is 12. The predicted octanol–water partition coefficient (Wildman–Crippen LogP) is 7.55. The summed E-state index contributed by atoms with van der Waals surface area (Å²) >= 11 is 0. The van der Waals surface area contributed by atoms with Crippen molar-refractivity contribution in [3.8, 4) is 11.1 Å². The maximum atomic E-state index is 14.5. The van der Waals surface area contributed by atoms with Crippen LogP contribution in [0.5, 0.6) is 0 Å². The topological polar surface area (TPSA) is 136 Å². The van der Waals surface area contributed by atoms with Gasteiger partial charge in [0, 0.05) is 30.5 Å². The number of hydrogen-bond donors (Lipinski definition) is 2. The Bertz CT molecular complexity index is 1960. The molecule has 3 atom stereocenters. The number of amides is 2. The first kappa shape index (κ1) is 38.8. The molecule has 3 aromatic carbocycles. The molecule has 5 rings (SSSR count). The molecule has 1 aliphatic rings. The van der Waals surface area contributed by atoms with Gasteiger partial charge in [-0.3, -0.25) is 9.36 Å². The van der Waals surface area contributed by atoms with Crippen LogP contribution >= 0.6 is 0 Å². The van der Waals surface area contributed by atoms with Gasteiger partial charge in [-0.1, -0.05) is 72.8 Å². The number of carbonyl (C=O) groups is 4. The van der Waals surface area contributed by atoms with E-state index in [4.69, 9.17) is 14.2 Å². The summed E-state index contributed by atoms with van der Waals surface area (Å²) in [6.45, 7) is 16.0. The summed E-state index contributed by atoms with van der Waals surface area (Å²) in [5.41, 5.74) is 3.80. The molecule has 0 spiro atoms. The highest BCUT2D eigenvalue weighted by Gasteiger charge is 2.39. The molecule has 0 radical (unpaired) electrons. The van der Waals surface area contributed by atoms with Crippen LogP contribution in [-0.4, -0.2) is 81.2 Å². The van der Waals surface area contributed by atoms with Crippen LogP contribution in [0.1, 0.15) is 71.1 Å². The number of fused-ring (bicyclic) bond motifs is 4. The molecular weight excluding hydrogens is 674 g/mol. The number of benzene rings is 3. The number of aromatic nitrogens is 1. The molecule has 0 aliphatic heterocycles. The summed E-state index contributed by atoms with van der Waals surface area (Å²) in [5.74, 6) is -2.18. The van der Waals surface area contributed by atoms with Crippen LogP contribution in [0.4, 0.5) is 9.59 Å². The molecule has 53 heavy (non-hydrogen) atoms. The zero-order valence-electron chi connectivity index (χ0n) is 31.4. The molecule has 1 aliphatic carbocycles. The summed E-state index contributed by atoms with van der Waals surface area (Å²) in [7, 11) is 0. The summed E-state index contributed by atoms with van der Waals surface area (Å²) in [5, 5.41) is 13.9. The van der Waals surface area contributed by atoms with Gasteiger partial charge in [-0.25, -0.2) is 14.4 Å². The SMILES string of the molecule is C=CCN(C(=O)[C@@H](NC(=O)OCC1c2ccccc2-c2ccccc21)C(C)OC(C)(C)C)[C@@H](Cc1cn(C(=O)OC(C)(C)C)c2ccccc12)C(=O)O. The Morgan fingerprint density at radius 1 is 0.906 bits per heavy atom. The van der Waals surface area contributed by atoms with Crippen LogP contribution in [-0.2, 0) is 30.2 Å². The van der Waals surface area contributed by atoms with Crippen molar-refractivity contribution in [1.29, 1.82) is 0 Å². The third kappa shape index (κ3) is 8.97. The van der Waals surface area contributed by atoms with E-state index in [-0.39, 0.29) is 25.5 Å². The molecule has 0 saturated heterocycles. The second-order valence-corrected chi connectivity index (χ2v) is 15.2. The van der Waals surface area contributed by atoms with Gasteiger partial charge in [0.05, 0.1) is 17.2 Å². The minimum atomic E-state index is -1.41. The molecular formula is C42H49N3O8. The van der Waals surface area contributed by atoms with E-state index < -0.39 is 53.5 Å². The number of ether oxygens (including phenoxy) is 3. The van der Waals surface area contributed by atoms with Crippen molar-refractivity contribution >= 4 is 35.0 Å². The molecule has 11 nitrogen and oxygen atoms in total. The number of nitrogens with one attached hydrogen (secondary N) is 1. The van der Waals surface area contributed by atoms with Gasteiger partial charge in [0.1, 0.15) is 24.3 Å². The average molecular weight is 724 g/mol. The van der Waals surface area contributed by atoms with E-state index in [0.29, 0.717) is 16.5 Å². The lowest BCUT2D eigenvalue weighted by Crippen LogP contribution is -2.59. The second kappa shape index (κ2) is 15.7. The van der Waals surface area contributed by atoms with Crippen molar-refractivity contribution in [3.63, 3.8) is 0 Å². The number of nitrogens with zero attached hydrogens (tertiary/aromatic N) is 2. The lowest BCUT2D eigenvalue weighted by atomic mass is 9.98. The maximum Gasteiger partial charge on any atom is 0.419 e. The average Bonchev–Trinajstić information content (AvgIpc) is 3.61. The van der Waals surface area contributed by atoms with Crippen LogP contribution in [0.15, 0.2) is 91.6 Å². The van der Waals surface area contributed by atoms with Gasteiger partial charge in [-0.15, -0.1) is 6.58 Å². The molecule has 0 fully saturated rings. The molecule has 2 amide bonds. The van der Waals surface area contributed by atoms with E-state index in [1.807, 2.05) is 69.3 Å². The summed E-state index contributed by atoms with van der Waals surface area (Å²) < 4.78 is 18.9. The summed E-state index contributed by atoms with van der Waals surface area (Å²) in [4.78, 5) is 55.4. The quantitative estimate of drug-likeness (QED) is 0.143. The third-order valence-electron chi connectivity index (χ3n) is 8.96. The van der Waals surface area contributed by atoms with Crippen molar-refractivity contribution in [1.82, 2.24) is 14.8 Å². The lowest BCUT2D eigenvalue weighted by Gasteiger charge is -2.35. The van der Waals surface area contributed by atoms with E-state index in [2.05, 4.69) is 11.9 Å². The molecule has 0 saturated carbocycles. The van der Waals surface area contributed by atoms with Crippen LogP contribution in [0.2, 0.25) is 0 Å². The summed E-state index contributed by atoms with van der Waals surface area (Å²) in [6.07, 6.45) is 0.461. The fourth-order valence-electron chi connectivity index (χ4n) is 6.88. The lowest BCUT2D eigenvalue weighted by molar-refractivity contribution is -0.153. The monoisotopic (exact) mass is 723 g/mol. The van der Waals surface area contributed by atoms with E-state index in [1.165, 1.54) is 10.6 Å². The van der Waals surface area contributed by atoms with Gasteiger partial charge < -0.3 is 29.5 Å². The van der Waals surface area contributed by atoms with Gasteiger partial charge in [0.25, 0.3) is 0 Å². The number of aliphatic carboxylic acids is 1. The third-order valence-corrected chi connectivity index (χ3v) is 8.96. The molecule has 0 bridgehead atoms. The van der Waals surface area contributed by atoms with E-state index >= 15 is 0 Å². The smallest absolute Gasteiger partial charge is 0.419 e. The van der Waals surface area contributed by atoms with Crippen LogP contribution in [0, 0.1) is 0 Å². The first-order chi connectivity index (χ1) is 25.0. The Labute approximate surface area is 310 Å². The number of hydrogen-bond acceptors (Lipinski definition) is 7. The van der Waals surface area contributed by atoms with Gasteiger partial charge in [-0.05, 0) is 82.3 Å². The molecule has 1 heterocycles. The van der Waals surface area contributed by atoms with Crippen LogP contribution in [0.25, 0.3) is 22.0 Å². The minimum absolute atomic E-state index is 0.0190. The van der Waals surface area contributed by atoms with Crippen LogP contribution in [0.3, 0.4) is 0 Å². The first-order valence-corrected chi connectivity index (χ1v) is 17.7. The number of carboxylic acid groups (broad SMARTS) is 1. The highest BCUT2D eigenvalue weighted by molar-refractivity contribution is 5.94. The Kier molecular flexibility index (Phi) is 11.5. The van der Waals surface area contributed by atoms with E-state index in [0.717, 1.165) is 27.2 Å². The highest BCUT2D eigenvalue weighted by Crippen LogP contribution is 2.44. The zero-order valence-corrected chi connectivity index (χ0v) is 31.4. The molecule has 280 valence electrons. The Morgan fingerprint density at radius 2 is 1.49 bits per heavy atom. The van der Waals surface area contributed by atoms with Crippen molar-refractivity contribution < 1.29 is 38.5 Å². The summed E-state index contributed by atoms with van der Waals surface area (Å²) in [6, 6.07) is 20.3. The standard InChI is InChI=1S/C42H49N3O8/c1-9-22-44(35(38(47)48)23-27-24-45(40(50)53-42(6,7)8)34-21-15-14-16-28(27)34)37(46)36(26(2)52-41(3,4)5)43-39(49)51-25-33-31-19-12-10-17-29(31)30-18-11-13-20-32(30)33/h9-21,24,26,33,35-36H,1,22-23,25H2,2-8H3,(H,43,49)(H,47,48)/t26?,35-,36-/m0/s1. The largest absolute Gasteiger partial charge is 0.480 e.